The van der Waals surface area contributed by atoms with Crippen molar-refractivity contribution in [1.29, 1.82) is 5.26 Å². The Morgan fingerprint density at radius 3 is 2.20 bits per heavy atom. The topological polar surface area (TPSA) is 82.1 Å². The summed E-state index contributed by atoms with van der Waals surface area (Å²) in [5.41, 5.74) is 12.1. The molecule has 45 heavy (non-hydrogen) atoms. The minimum atomic E-state index is -0.551. The fraction of sp³-hybridized carbons (Fsp3) is 0.711. The molecule has 3 unspecified atom stereocenters. The molecule has 3 aliphatic rings. The van der Waals surface area contributed by atoms with Crippen LogP contribution in [-0.4, -0.2) is 52.8 Å². The summed E-state index contributed by atoms with van der Waals surface area (Å²) in [5, 5.41) is 9.85. The monoisotopic (exact) mass is 625 g/mol. The molecule has 1 aromatic carbocycles. The third kappa shape index (κ3) is 10.1. The van der Waals surface area contributed by atoms with Crippen LogP contribution in [0.5, 0.6) is 0 Å². The highest BCUT2D eigenvalue weighted by molar-refractivity contribution is 5.62. The summed E-state index contributed by atoms with van der Waals surface area (Å²) in [6.07, 6.45) is 8.37. The van der Waals surface area contributed by atoms with Gasteiger partial charge in [0.2, 0.25) is 0 Å². The van der Waals surface area contributed by atoms with E-state index in [2.05, 4.69) is 56.6 Å². The third-order valence-corrected chi connectivity index (χ3v) is 9.06. The Hall–Kier alpha value is -2.72. The van der Waals surface area contributed by atoms with Gasteiger partial charge in [-0.25, -0.2) is 14.4 Å². The molecule has 0 bridgehead atoms. The number of nitriles is 1. The molecule has 0 saturated carbocycles. The normalized spacial score (nSPS) is 20.3. The van der Waals surface area contributed by atoms with Gasteiger partial charge < -0.3 is 10.6 Å². The van der Waals surface area contributed by atoms with Gasteiger partial charge in [0.1, 0.15) is 23.9 Å². The molecule has 0 amide bonds. The first-order chi connectivity index (χ1) is 21.7. The van der Waals surface area contributed by atoms with E-state index in [1.54, 1.807) is 0 Å². The summed E-state index contributed by atoms with van der Waals surface area (Å²) in [6, 6.07) is 6.33. The van der Waals surface area contributed by atoms with E-state index in [1.807, 2.05) is 47.6 Å². The van der Waals surface area contributed by atoms with Crippen LogP contribution in [0.2, 0.25) is 0 Å². The number of anilines is 2. The van der Waals surface area contributed by atoms with Crippen LogP contribution < -0.4 is 10.6 Å². The fourth-order valence-electron chi connectivity index (χ4n) is 6.42. The van der Waals surface area contributed by atoms with Crippen LogP contribution in [0.15, 0.2) is 12.1 Å². The second-order valence-corrected chi connectivity index (χ2v) is 11.9. The molecule has 3 saturated heterocycles. The van der Waals surface area contributed by atoms with E-state index in [9.17, 15) is 9.65 Å². The van der Waals surface area contributed by atoms with Crippen LogP contribution in [0.25, 0.3) is 0 Å². The van der Waals surface area contributed by atoms with Gasteiger partial charge in [0, 0.05) is 49.3 Å². The lowest BCUT2D eigenvalue weighted by Gasteiger charge is -2.34. The van der Waals surface area contributed by atoms with Crippen molar-refractivity contribution in [3.63, 3.8) is 0 Å². The zero-order chi connectivity index (χ0) is 34.2. The number of benzene rings is 1. The van der Waals surface area contributed by atoms with E-state index >= 15 is 0 Å². The summed E-state index contributed by atoms with van der Waals surface area (Å²) < 4.78 is 12.8. The number of hydrogen-bond acceptors (Lipinski definition) is 6. The number of nitrogens with zero attached hydrogens (tertiary/aromatic N) is 5. The molecular weight excluding hydrogens is 559 g/mol. The van der Waals surface area contributed by atoms with Gasteiger partial charge in [0.05, 0.1) is 11.3 Å². The summed E-state index contributed by atoms with van der Waals surface area (Å²) in [4.78, 5) is 14.5. The van der Waals surface area contributed by atoms with E-state index in [1.165, 1.54) is 30.4 Å². The van der Waals surface area contributed by atoms with E-state index in [-0.39, 0.29) is 5.54 Å². The number of aryl methyl sites for hydroxylation is 1. The number of nitrogens with two attached hydrogens (primary N) is 1. The Morgan fingerprint density at radius 1 is 1.02 bits per heavy atom. The van der Waals surface area contributed by atoms with Crippen molar-refractivity contribution in [3.05, 3.63) is 45.9 Å². The zero-order valence-electron chi connectivity index (χ0n) is 30.7. The van der Waals surface area contributed by atoms with Crippen LogP contribution in [0, 0.1) is 11.3 Å². The molecular formula is C38H65FN6. The minimum Gasteiger partial charge on any atom is -0.398 e. The van der Waals surface area contributed by atoms with Crippen LogP contribution in [0.1, 0.15) is 154 Å². The maximum absolute atomic E-state index is 12.8. The molecule has 2 aromatic rings. The fourth-order valence-corrected chi connectivity index (χ4v) is 6.42. The molecule has 0 aliphatic carbocycles. The van der Waals surface area contributed by atoms with E-state index < -0.39 is 6.17 Å². The van der Waals surface area contributed by atoms with Crippen LogP contribution >= 0.6 is 0 Å². The van der Waals surface area contributed by atoms with Gasteiger partial charge in [-0.15, -0.1) is 0 Å². The molecule has 0 radical (unpaired) electrons. The SMILES string of the molecule is CC.CC.CC.CC12CCCN1CC(F)C2.CCCc1c(Cc2c(C(C)CC)ccc(N)c2C#N)nc(CC)nc1N1CCC1. The highest BCUT2D eigenvalue weighted by Gasteiger charge is 2.44. The van der Waals surface area contributed by atoms with Gasteiger partial charge in [0.25, 0.3) is 0 Å². The lowest BCUT2D eigenvalue weighted by molar-refractivity contribution is 0.217. The Balaban J connectivity index is 0.000000522. The van der Waals surface area contributed by atoms with Crippen molar-refractivity contribution in [2.75, 3.05) is 36.8 Å². The second-order valence-electron chi connectivity index (χ2n) is 11.9. The summed E-state index contributed by atoms with van der Waals surface area (Å²) in [6.45, 7) is 26.8. The summed E-state index contributed by atoms with van der Waals surface area (Å²) in [7, 11) is 0. The Kier molecular flexibility index (Phi) is 18.3. The minimum absolute atomic E-state index is 0.236. The maximum Gasteiger partial charge on any atom is 0.135 e. The second kappa shape index (κ2) is 20.4. The molecule has 3 atom stereocenters. The lowest BCUT2D eigenvalue weighted by Crippen LogP contribution is -2.39. The number of nitrogen functional groups attached to an aromatic ring is 1. The van der Waals surface area contributed by atoms with Gasteiger partial charge in [-0.05, 0) is 75.1 Å². The molecule has 2 N–H and O–H groups in total. The third-order valence-electron chi connectivity index (χ3n) is 9.06. The molecule has 5 rings (SSSR count). The lowest BCUT2D eigenvalue weighted by atomic mass is 9.87. The van der Waals surface area contributed by atoms with Gasteiger partial charge in [-0.1, -0.05) is 81.7 Å². The summed E-state index contributed by atoms with van der Waals surface area (Å²) in [5.74, 6) is 2.36. The van der Waals surface area contributed by atoms with Crippen molar-refractivity contribution in [1.82, 2.24) is 14.9 Å². The number of alkyl halides is 1. The first-order valence-corrected chi connectivity index (χ1v) is 18.1. The van der Waals surface area contributed by atoms with E-state index in [0.29, 0.717) is 30.1 Å². The Morgan fingerprint density at radius 2 is 1.69 bits per heavy atom. The smallest absolute Gasteiger partial charge is 0.135 e. The largest absolute Gasteiger partial charge is 0.398 e. The maximum atomic E-state index is 12.8. The molecule has 254 valence electrons. The first kappa shape index (κ1) is 40.3. The predicted molar refractivity (Wildman–Crippen MR) is 192 cm³/mol. The van der Waals surface area contributed by atoms with E-state index in [0.717, 1.165) is 74.6 Å². The highest BCUT2D eigenvalue weighted by atomic mass is 19.1. The number of hydrogen-bond donors (Lipinski definition) is 1. The van der Waals surface area contributed by atoms with Gasteiger partial charge in [-0.2, -0.15) is 5.26 Å². The quantitative estimate of drug-likeness (QED) is 0.295. The van der Waals surface area contributed by atoms with Gasteiger partial charge in [0.15, 0.2) is 0 Å². The zero-order valence-corrected chi connectivity index (χ0v) is 30.7. The van der Waals surface area contributed by atoms with Crippen LogP contribution in [0.3, 0.4) is 0 Å². The average Bonchev–Trinajstić information content (AvgIpc) is 3.53. The Bertz CT molecular complexity index is 1190. The van der Waals surface area contributed by atoms with Crippen LogP contribution in [-0.2, 0) is 19.3 Å². The summed E-state index contributed by atoms with van der Waals surface area (Å²) >= 11 is 0. The van der Waals surface area contributed by atoms with E-state index in [4.69, 9.17) is 15.7 Å². The first-order valence-electron chi connectivity index (χ1n) is 18.1. The highest BCUT2D eigenvalue weighted by Crippen LogP contribution is 2.39. The molecule has 0 spiro atoms. The average molecular weight is 625 g/mol. The predicted octanol–water partition coefficient (Wildman–Crippen LogP) is 9.42. The standard InChI is InChI=1S/C24H33N5.C8H14FN.3C2H6/c1-5-9-18-22(27-23(7-3)28-24(18)29-12-8-13-29)14-19-17(16(4)6-2)10-11-21(26)20(19)15-25;1-8-3-2-4-10(8)6-7(9)5-8;3*1-2/h10-11,16H,5-9,12-14,26H2,1-4H3;7H,2-6H2,1H3;3*1-2H3. The molecule has 3 fully saturated rings. The van der Waals surface area contributed by atoms with Crippen molar-refractivity contribution in [2.45, 2.75) is 152 Å². The molecule has 1 aromatic heterocycles. The number of rotatable bonds is 8. The number of fused-ring (bicyclic) bond motifs is 1. The molecule has 6 nitrogen and oxygen atoms in total. The van der Waals surface area contributed by atoms with Crippen LogP contribution in [0.4, 0.5) is 15.9 Å². The number of halogens is 1. The van der Waals surface area contributed by atoms with Crippen molar-refractivity contribution >= 4 is 11.5 Å². The van der Waals surface area contributed by atoms with Crippen molar-refractivity contribution in [3.8, 4) is 6.07 Å². The molecule has 3 aliphatic heterocycles. The molecule has 7 heteroatoms. The number of aromatic nitrogens is 2. The van der Waals surface area contributed by atoms with Crippen molar-refractivity contribution < 1.29 is 4.39 Å². The van der Waals surface area contributed by atoms with Gasteiger partial charge >= 0.3 is 0 Å². The molecule has 4 heterocycles. The Labute approximate surface area is 276 Å². The van der Waals surface area contributed by atoms with Crippen molar-refractivity contribution in [2.24, 2.45) is 0 Å². The van der Waals surface area contributed by atoms with Gasteiger partial charge in [-0.3, -0.25) is 4.90 Å².